The van der Waals surface area contributed by atoms with Crippen LogP contribution in [-0.4, -0.2) is 30.8 Å². The zero-order valence-corrected chi connectivity index (χ0v) is 15.1. The van der Waals surface area contributed by atoms with E-state index in [1.165, 1.54) is 0 Å². The Kier molecular flexibility index (Phi) is 6.09. The number of furan rings is 1. The molecule has 2 amide bonds. The average Bonchev–Trinajstić information content (AvgIpc) is 3.00. The van der Waals surface area contributed by atoms with Crippen molar-refractivity contribution in [3.05, 3.63) is 53.5 Å². The zero-order chi connectivity index (χ0) is 18.4. The van der Waals surface area contributed by atoms with Crippen molar-refractivity contribution in [1.29, 1.82) is 0 Å². The third kappa shape index (κ3) is 5.53. The molecule has 0 fully saturated rings. The van der Waals surface area contributed by atoms with Crippen LogP contribution in [0.3, 0.4) is 0 Å². The summed E-state index contributed by atoms with van der Waals surface area (Å²) in [6.07, 6.45) is 0.679. The normalized spacial score (nSPS) is 14.4. The average molecular weight is 346 g/mol. The van der Waals surface area contributed by atoms with E-state index in [0.29, 0.717) is 17.9 Å². The van der Waals surface area contributed by atoms with Gasteiger partial charge in [-0.2, -0.15) is 0 Å². The van der Waals surface area contributed by atoms with E-state index < -0.39 is 5.60 Å². The molecule has 0 aliphatic heterocycles. The van der Waals surface area contributed by atoms with Crippen LogP contribution < -0.4 is 15.4 Å². The van der Waals surface area contributed by atoms with Crippen molar-refractivity contribution >= 4 is 6.03 Å². The van der Waals surface area contributed by atoms with Gasteiger partial charge in [0, 0.05) is 6.04 Å². The van der Waals surface area contributed by atoms with Crippen molar-refractivity contribution in [3.8, 4) is 5.75 Å². The molecule has 25 heavy (non-hydrogen) atoms. The minimum atomic E-state index is -1.26. The van der Waals surface area contributed by atoms with E-state index in [9.17, 15) is 9.90 Å². The Balaban J connectivity index is 1.82. The van der Waals surface area contributed by atoms with Gasteiger partial charge in [-0.3, -0.25) is 0 Å². The summed E-state index contributed by atoms with van der Waals surface area (Å²) in [6, 6.07) is 10.8. The van der Waals surface area contributed by atoms with Gasteiger partial charge in [0.1, 0.15) is 22.9 Å². The molecule has 6 nitrogen and oxygen atoms in total. The molecule has 2 rings (SSSR count). The first kappa shape index (κ1) is 18.9. The summed E-state index contributed by atoms with van der Waals surface area (Å²) in [4.78, 5) is 12.1. The number of aliphatic hydroxyl groups is 1. The summed E-state index contributed by atoms with van der Waals surface area (Å²) in [7, 11) is 1.63. The number of ether oxygens (including phenoxy) is 1. The van der Waals surface area contributed by atoms with Crippen LogP contribution in [0.4, 0.5) is 4.79 Å². The summed E-state index contributed by atoms with van der Waals surface area (Å²) < 4.78 is 10.6. The second-order valence-electron chi connectivity index (χ2n) is 6.47. The van der Waals surface area contributed by atoms with E-state index in [1.807, 2.05) is 31.2 Å². The first-order chi connectivity index (χ1) is 11.8. The topological polar surface area (TPSA) is 83.7 Å². The summed E-state index contributed by atoms with van der Waals surface area (Å²) in [5.74, 6) is 1.93. The Bertz CT molecular complexity index is 709. The smallest absolute Gasteiger partial charge is 0.315 e. The molecule has 3 N–H and O–H groups in total. The van der Waals surface area contributed by atoms with E-state index in [0.717, 1.165) is 11.3 Å². The Morgan fingerprint density at radius 1 is 1.36 bits per heavy atom. The fourth-order valence-corrected chi connectivity index (χ4v) is 2.54. The number of urea groups is 1. The van der Waals surface area contributed by atoms with Gasteiger partial charge in [0.15, 0.2) is 0 Å². The lowest BCUT2D eigenvalue weighted by Gasteiger charge is -2.22. The van der Waals surface area contributed by atoms with Crippen molar-refractivity contribution in [3.63, 3.8) is 0 Å². The number of aryl methyl sites for hydroxylation is 1. The maximum Gasteiger partial charge on any atom is 0.315 e. The number of methoxy groups -OCH3 is 1. The van der Waals surface area contributed by atoms with Gasteiger partial charge in [0.25, 0.3) is 0 Å². The first-order valence-corrected chi connectivity index (χ1v) is 8.27. The highest BCUT2D eigenvalue weighted by molar-refractivity contribution is 5.74. The Hall–Kier alpha value is -2.47. The third-order valence-corrected chi connectivity index (χ3v) is 3.92. The second-order valence-corrected chi connectivity index (χ2v) is 6.47. The van der Waals surface area contributed by atoms with Crippen LogP contribution >= 0.6 is 0 Å². The number of amides is 2. The monoisotopic (exact) mass is 346 g/mol. The molecule has 1 aromatic heterocycles. The van der Waals surface area contributed by atoms with E-state index >= 15 is 0 Å². The minimum absolute atomic E-state index is 0.0532. The van der Waals surface area contributed by atoms with Crippen LogP contribution in [0.15, 0.2) is 40.8 Å². The number of rotatable bonds is 7. The molecule has 0 unspecified atom stereocenters. The van der Waals surface area contributed by atoms with Crippen molar-refractivity contribution in [2.45, 2.75) is 38.8 Å². The summed E-state index contributed by atoms with van der Waals surface area (Å²) in [6.45, 7) is 5.38. The number of hydrogen-bond donors (Lipinski definition) is 3. The van der Waals surface area contributed by atoms with Gasteiger partial charge in [-0.25, -0.2) is 4.79 Å². The zero-order valence-electron chi connectivity index (χ0n) is 15.1. The molecular weight excluding hydrogens is 320 g/mol. The number of benzene rings is 1. The van der Waals surface area contributed by atoms with E-state index in [-0.39, 0.29) is 18.6 Å². The van der Waals surface area contributed by atoms with E-state index in [1.54, 1.807) is 33.1 Å². The van der Waals surface area contributed by atoms with Crippen molar-refractivity contribution in [2.24, 2.45) is 0 Å². The lowest BCUT2D eigenvalue weighted by atomic mass is 10.0. The molecule has 0 saturated heterocycles. The van der Waals surface area contributed by atoms with Gasteiger partial charge < -0.3 is 24.9 Å². The lowest BCUT2D eigenvalue weighted by Crippen LogP contribution is -2.46. The van der Waals surface area contributed by atoms with Crippen LogP contribution in [-0.2, 0) is 12.0 Å². The molecule has 1 heterocycles. The predicted octanol–water partition coefficient (Wildman–Crippen LogP) is 2.73. The standard InChI is InChI=1S/C19H26N2O4/c1-13(10-15-6-5-7-16(11-15)24-4)21-18(22)20-12-19(3,23)17-9-8-14(2)25-17/h5-9,11,13,23H,10,12H2,1-4H3,(H2,20,21,22)/t13-,19-/m0/s1. The molecule has 0 spiro atoms. The summed E-state index contributed by atoms with van der Waals surface area (Å²) in [5.41, 5.74) is -0.188. The fraction of sp³-hybridized carbons (Fsp3) is 0.421. The van der Waals surface area contributed by atoms with Gasteiger partial charge in [0.05, 0.1) is 13.7 Å². The highest BCUT2D eigenvalue weighted by Crippen LogP contribution is 2.21. The molecule has 0 bridgehead atoms. The molecular formula is C19H26N2O4. The van der Waals surface area contributed by atoms with Gasteiger partial charge in [-0.1, -0.05) is 12.1 Å². The first-order valence-electron chi connectivity index (χ1n) is 8.27. The van der Waals surface area contributed by atoms with Crippen LogP contribution in [0.1, 0.15) is 30.9 Å². The second kappa shape index (κ2) is 8.07. The molecule has 136 valence electrons. The van der Waals surface area contributed by atoms with Crippen LogP contribution in [0.25, 0.3) is 0 Å². The number of nitrogens with one attached hydrogen (secondary N) is 2. The van der Waals surface area contributed by atoms with Gasteiger partial charge in [-0.15, -0.1) is 0 Å². The third-order valence-electron chi connectivity index (χ3n) is 3.92. The number of carbonyl (C=O) groups excluding carboxylic acids is 1. The van der Waals surface area contributed by atoms with E-state index in [4.69, 9.17) is 9.15 Å². The van der Waals surface area contributed by atoms with Gasteiger partial charge >= 0.3 is 6.03 Å². The maximum atomic E-state index is 12.1. The van der Waals surface area contributed by atoms with Crippen LogP contribution in [0, 0.1) is 6.92 Å². The maximum absolute atomic E-state index is 12.1. The molecule has 0 radical (unpaired) electrons. The minimum Gasteiger partial charge on any atom is -0.497 e. The van der Waals surface area contributed by atoms with Crippen molar-refractivity contribution in [1.82, 2.24) is 10.6 Å². The molecule has 0 aliphatic carbocycles. The summed E-state index contributed by atoms with van der Waals surface area (Å²) in [5, 5.41) is 16.0. The Morgan fingerprint density at radius 3 is 2.76 bits per heavy atom. The largest absolute Gasteiger partial charge is 0.497 e. The molecule has 0 aliphatic rings. The van der Waals surface area contributed by atoms with Crippen molar-refractivity contribution < 1.29 is 19.1 Å². The molecule has 1 aromatic carbocycles. The van der Waals surface area contributed by atoms with Crippen LogP contribution in [0.5, 0.6) is 5.75 Å². The SMILES string of the molecule is COc1cccc(C[C@H](C)NC(=O)NC[C@](C)(O)c2ccc(C)o2)c1. The van der Waals surface area contributed by atoms with Gasteiger partial charge in [0.2, 0.25) is 0 Å². The highest BCUT2D eigenvalue weighted by atomic mass is 16.5. The molecule has 2 aromatic rings. The van der Waals surface area contributed by atoms with E-state index in [2.05, 4.69) is 10.6 Å². The Morgan fingerprint density at radius 2 is 2.12 bits per heavy atom. The Labute approximate surface area is 148 Å². The molecule has 6 heteroatoms. The molecule has 0 saturated carbocycles. The fourth-order valence-electron chi connectivity index (χ4n) is 2.54. The van der Waals surface area contributed by atoms with Crippen LogP contribution in [0.2, 0.25) is 0 Å². The van der Waals surface area contributed by atoms with Crippen molar-refractivity contribution in [2.75, 3.05) is 13.7 Å². The molecule has 2 atom stereocenters. The number of hydrogen-bond acceptors (Lipinski definition) is 4. The lowest BCUT2D eigenvalue weighted by molar-refractivity contribution is 0.0359. The summed E-state index contributed by atoms with van der Waals surface area (Å²) >= 11 is 0. The quantitative estimate of drug-likeness (QED) is 0.720. The number of carbonyl (C=O) groups is 1. The predicted molar refractivity (Wildman–Crippen MR) is 95.7 cm³/mol. The van der Waals surface area contributed by atoms with Gasteiger partial charge in [-0.05, 0) is 57.0 Å². The highest BCUT2D eigenvalue weighted by Gasteiger charge is 2.27.